The van der Waals surface area contributed by atoms with Crippen molar-refractivity contribution in [2.75, 3.05) is 13.4 Å². The van der Waals surface area contributed by atoms with Crippen LogP contribution in [-0.4, -0.2) is 37.4 Å². The molecular weight excluding hydrogens is 310 g/mol. The summed E-state index contributed by atoms with van der Waals surface area (Å²) in [6, 6.07) is 3.66. The topological polar surface area (TPSA) is 57.0 Å². The second-order valence-corrected chi connectivity index (χ2v) is 7.49. The fourth-order valence-electron chi connectivity index (χ4n) is 2.12. The monoisotopic (exact) mass is 329 g/mol. The molecule has 0 saturated heterocycles. The van der Waals surface area contributed by atoms with E-state index in [1.807, 2.05) is 24.5 Å². The Morgan fingerprint density at radius 1 is 1.38 bits per heavy atom. The number of imidazole rings is 1. The molecule has 0 fully saturated rings. The Bertz CT molecular complexity index is 657. The summed E-state index contributed by atoms with van der Waals surface area (Å²) in [7, 11) is 0.745. The fourth-order valence-corrected chi connectivity index (χ4v) is 2.72. The van der Waals surface area contributed by atoms with E-state index in [2.05, 4.69) is 9.97 Å². The van der Waals surface area contributed by atoms with Gasteiger partial charge in [0.05, 0.1) is 12.5 Å². The van der Waals surface area contributed by atoms with Crippen LogP contribution in [0.3, 0.4) is 0 Å². The molecular formula is C14H20ClN3O2S. The second kappa shape index (κ2) is 6.75. The van der Waals surface area contributed by atoms with E-state index in [1.54, 1.807) is 19.4 Å². The largest absolute Gasteiger partial charge is 0.481 e. The molecule has 0 radical (unpaired) electrons. The molecule has 2 aromatic rings. The molecule has 3 unspecified atom stereocenters. The summed E-state index contributed by atoms with van der Waals surface area (Å²) in [5.74, 6) is 1.33. The Morgan fingerprint density at radius 3 is 2.67 bits per heavy atom. The molecule has 2 rings (SSSR count). The van der Waals surface area contributed by atoms with E-state index >= 15 is 0 Å². The standard InChI is InChI=1S/C14H20ClN3O2S/c1-9(21(4)19)7-8-18-13(10(2)15)16-11-5-6-12(20-3)17-14(11)18/h5-6,9-10H,7-8H2,1-4H3. The lowest BCUT2D eigenvalue weighted by Crippen LogP contribution is -2.14. The lowest BCUT2D eigenvalue weighted by Gasteiger charge is -2.13. The number of ether oxygens (including phenoxy) is 1. The smallest absolute Gasteiger partial charge is 0.215 e. The van der Waals surface area contributed by atoms with Gasteiger partial charge in [-0.15, -0.1) is 11.6 Å². The number of halogens is 1. The molecule has 7 heteroatoms. The lowest BCUT2D eigenvalue weighted by atomic mass is 10.3. The summed E-state index contributed by atoms with van der Waals surface area (Å²) in [6.07, 6.45) is 2.51. The maximum atomic E-state index is 11.5. The second-order valence-electron chi connectivity index (χ2n) is 5.03. The van der Waals surface area contributed by atoms with Crippen molar-refractivity contribution in [2.45, 2.75) is 37.4 Å². The Balaban J connectivity index is 2.41. The molecule has 0 bridgehead atoms. The van der Waals surface area contributed by atoms with E-state index in [9.17, 15) is 4.21 Å². The normalized spacial score (nSPS) is 15.9. The molecule has 0 amide bonds. The number of aromatic nitrogens is 3. The molecule has 2 aromatic heterocycles. The van der Waals surface area contributed by atoms with Gasteiger partial charge in [0.1, 0.15) is 11.3 Å². The van der Waals surface area contributed by atoms with Crippen LogP contribution in [0.2, 0.25) is 0 Å². The highest BCUT2D eigenvalue weighted by Crippen LogP contribution is 2.25. The Kier molecular flexibility index (Phi) is 5.22. The summed E-state index contributed by atoms with van der Waals surface area (Å²) in [5, 5.41) is -0.0980. The molecule has 0 aliphatic heterocycles. The average molecular weight is 330 g/mol. The zero-order chi connectivity index (χ0) is 15.6. The number of nitrogens with zero attached hydrogens (tertiary/aromatic N) is 3. The summed E-state index contributed by atoms with van der Waals surface area (Å²) in [4.78, 5) is 9.01. The maximum Gasteiger partial charge on any atom is 0.215 e. The maximum absolute atomic E-state index is 11.5. The van der Waals surface area contributed by atoms with Crippen LogP contribution in [0.5, 0.6) is 5.88 Å². The molecule has 0 N–H and O–H groups in total. The van der Waals surface area contributed by atoms with Crippen LogP contribution < -0.4 is 4.74 Å². The summed E-state index contributed by atoms with van der Waals surface area (Å²) >= 11 is 6.23. The van der Waals surface area contributed by atoms with Crippen LogP contribution in [-0.2, 0) is 17.3 Å². The van der Waals surface area contributed by atoms with Gasteiger partial charge in [0.25, 0.3) is 0 Å². The average Bonchev–Trinajstić information content (AvgIpc) is 2.82. The predicted molar refractivity (Wildman–Crippen MR) is 86.5 cm³/mol. The summed E-state index contributed by atoms with van der Waals surface area (Å²) < 4.78 is 18.7. The first-order valence-electron chi connectivity index (χ1n) is 6.81. The minimum atomic E-state index is -0.841. The molecule has 0 aliphatic rings. The molecule has 21 heavy (non-hydrogen) atoms. The molecule has 0 aromatic carbocycles. The van der Waals surface area contributed by atoms with Gasteiger partial charge in [-0.25, -0.2) is 4.98 Å². The van der Waals surface area contributed by atoms with Crippen molar-refractivity contribution in [2.24, 2.45) is 0 Å². The van der Waals surface area contributed by atoms with E-state index in [0.717, 1.165) is 23.4 Å². The van der Waals surface area contributed by atoms with Gasteiger partial charge in [-0.05, 0) is 19.4 Å². The minimum absolute atomic E-state index is 0.117. The van der Waals surface area contributed by atoms with Crippen LogP contribution in [0, 0.1) is 0 Å². The van der Waals surface area contributed by atoms with Crippen molar-refractivity contribution >= 4 is 33.6 Å². The number of fused-ring (bicyclic) bond motifs is 1. The zero-order valence-corrected chi connectivity index (χ0v) is 14.2. The van der Waals surface area contributed by atoms with Gasteiger partial charge in [-0.3, -0.25) is 4.21 Å². The van der Waals surface area contributed by atoms with E-state index in [-0.39, 0.29) is 10.6 Å². The number of pyridine rings is 1. The number of hydrogen-bond acceptors (Lipinski definition) is 4. The van der Waals surface area contributed by atoms with Gasteiger partial charge in [0.2, 0.25) is 5.88 Å². The summed E-state index contributed by atoms with van der Waals surface area (Å²) in [6.45, 7) is 4.55. The van der Waals surface area contributed by atoms with Gasteiger partial charge < -0.3 is 9.30 Å². The minimum Gasteiger partial charge on any atom is -0.481 e. The van der Waals surface area contributed by atoms with Gasteiger partial charge in [-0.1, -0.05) is 6.92 Å². The Hall–Kier alpha value is -1.14. The predicted octanol–water partition coefficient (Wildman–Crippen LogP) is 2.90. The Morgan fingerprint density at radius 2 is 2.10 bits per heavy atom. The van der Waals surface area contributed by atoms with Crippen LogP contribution in [0.25, 0.3) is 11.2 Å². The molecule has 0 saturated carbocycles. The highest BCUT2D eigenvalue weighted by molar-refractivity contribution is 7.84. The highest BCUT2D eigenvalue weighted by Gasteiger charge is 2.17. The Labute approximate surface area is 132 Å². The van der Waals surface area contributed by atoms with Crippen LogP contribution >= 0.6 is 11.6 Å². The summed E-state index contributed by atoms with van der Waals surface area (Å²) in [5.41, 5.74) is 1.55. The van der Waals surface area contributed by atoms with E-state index in [1.165, 1.54) is 0 Å². The first kappa shape index (κ1) is 16.2. The first-order chi connectivity index (χ1) is 9.93. The van der Waals surface area contributed by atoms with E-state index in [4.69, 9.17) is 16.3 Å². The quantitative estimate of drug-likeness (QED) is 0.765. The number of hydrogen-bond donors (Lipinski definition) is 0. The van der Waals surface area contributed by atoms with Gasteiger partial charge >= 0.3 is 0 Å². The van der Waals surface area contributed by atoms with Crippen molar-refractivity contribution in [3.05, 3.63) is 18.0 Å². The third kappa shape index (κ3) is 3.55. The van der Waals surface area contributed by atoms with Crippen molar-refractivity contribution < 1.29 is 8.95 Å². The van der Waals surface area contributed by atoms with Crippen molar-refractivity contribution in [3.63, 3.8) is 0 Å². The molecule has 0 aliphatic carbocycles. The lowest BCUT2D eigenvalue weighted by molar-refractivity contribution is 0.398. The van der Waals surface area contributed by atoms with Gasteiger partial charge in [-0.2, -0.15) is 4.98 Å². The first-order valence-corrected chi connectivity index (χ1v) is 8.87. The number of methoxy groups -OCH3 is 1. The number of aryl methyl sites for hydroxylation is 1. The van der Waals surface area contributed by atoms with E-state index in [0.29, 0.717) is 12.4 Å². The van der Waals surface area contributed by atoms with Gasteiger partial charge in [0, 0.05) is 34.9 Å². The third-order valence-corrected chi connectivity index (χ3v) is 5.05. The number of alkyl halides is 1. The molecule has 116 valence electrons. The number of rotatable bonds is 6. The molecule has 5 nitrogen and oxygen atoms in total. The van der Waals surface area contributed by atoms with Crippen LogP contribution in [0.15, 0.2) is 12.1 Å². The van der Waals surface area contributed by atoms with Crippen LogP contribution in [0.1, 0.15) is 31.5 Å². The molecule has 0 spiro atoms. The van der Waals surface area contributed by atoms with Gasteiger partial charge in [0.15, 0.2) is 5.65 Å². The van der Waals surface area contributed by atoms with Crippen LogP contribution in [0.4, 0.5) is 0 Å². The van der Waals surface area contributed by atoms with Crippen molar-refractivity contribution in [1.82, 2.24) is 14.5 Å². The van der Waals surface area contributed by atoms with Crippen molar-refractivity contribution in [1.29, 1.82) is 0 Å². The SMILES string of the molecule is COc1ccc2nc(C(C)Cl)n(CCC(C)S(C)=O)c2n1. The highest BCUT2D eigenvalue weighted by atomic mass is 35.5. The van der Waals surface area contributed by atoms with Crippen molar-refractivity contribution in [3.8, 4) is 5.88 Å². The van der Waals surface area contributed by atoms with E-state index < -0.39 is 10.8 Å². The molecule has 3 atom stereocenters. The fraction of sp³-hybridized carbons (Fsp3) is 0.571. The molecule has 2 heterocycles. The third-order valence-electron chi connectivity index (χ3n) is 3.49. The zero-order valence-electron chi connectivity index (χ0n) is 12.7.